The first kappa shape index (κ1) is 12.7. The summed E-state index contributed by atoms with van der Waals surface area (Å²) in [5, 5.41) is 0. The number of amides is 1. The van der Waals surface area contributed by atoms with E-state index < -0.39 is 0 Å². The number of hydrogen-bond donors (Lipinski definition) is 0. The van der Waals surface area contributed by atoms with Crippen molar-refractivity contribution in [2.75, 3.05) is 13.1 Å². The third kappa shape index (κ3) is 3.13. The van der Waals surface area contributed by atoms with Crippen LogP contribution in [0.5, 0.6) is 0 Å². The van der Waals surface area contributed by atoms with Gasteiger partial charge in [-0.2, -0.15) is 0 Å². The first-order valence-electron chi connectivity index (χ1n) is 6.49. The maximum Gasteiger partial charge on any atom is 0.230 e. The van der Waals surface area contributed by atoms with Crippen LogP contribution in [0, 0.1) is 18.3 Å². The molecular weight excluding hydrogens is 222 g/mol. The van der Waals surface area contributed by atoms with Crippen molar-refractivity contribution < 1.29 is 4.79 Å². The van der Waals surface area contributed by atoms with Gasteiger partial charge in [0.1, 0.15) is 0 Å². The van der Waals surface area contributed by atoms with Crippen molar-refractivity contribution in [2.24, 2.45) is 5.92 Å². The Morgan fingerprint density at radius 3 is 2.67 bits per heavy atom. The summed E-state index contributed by atoms with van der Waals surface area (Å²) >= 11 is 0. The molecule has 0 bridgehead atoms. The van der Waals surface area contributed by atoms with Crippen molar-refractivity contribution in [1.29, 1.82) is 0 Å². The maximum atomic E-state index is 12.4. The van der Waals surface area contributed by atoms with Gasteiger partial charge in [0.15, 0.2) is 0 Å². The predicted octanol–water partition coefficient (Wildman–Crippen LogP) is 2.66. The van der Waals surface area contributed by atoms with Gasteiger partial charge in [-0.1, -0.05) is 36.3 Å². The Labute approximate surface area is 109 Å². The lowest BCUT2D eigenvalue weighted by Gasteiger charge is -2.24. The van der Waals surface area contributed by atoms with Crippen LogP contribution in [0.1, 0.15) is 31.2 Å². The summed E-state index contributed by atoms with van der Waals surface area (Å²) in [5.41, 5.74) is 1.06. The van der Waals surface area contributed by atoms with Gasteiger partial charge in [0, 0.05) is 6.54 Å². The fourth-order valence-electron chi connectivity index (χ4n) is 2.11. The van der Waals surface area contributed by atoms with Crippen LogP contribution >= 0.6 is 0 Å². The standard InChI is InChI=1S/C16H19NO/c1-3-11-17(12-14-9-10-14)16(18)13(2)15-7-5-4-6-8-15/h1,4-8,13-14H,9-12H2,2H3. The van der Waals surface area contributed by atoms with Gasteiger partial charge < -0.3 is 4.90 Å². The fraction of sp³-hybridized carbons (Fsp3) is 0.438. The smallest absolute Gasteiger partial charge is 0.230 e. The largest absolute Gasteiger partial charge is 0.331 e. The topological polar surface area (TPSA) is 20.3 Å². The monoisotopic (exact) mass is 241 g/mol. The first-order valence-corrected chi connectivity index (χ1v) is 6.49. The van der Waals surface area contributed by atoms with Gasteiger partial charge in [0.25, 0.3) is 0 Å². The summed E-state index contributed by atoms with van der Waals surface area (Å²) in [4.78, 5) is 14.3. The Balaban J connectivity index is 2.05. The molecule has 1 aliphatic carbocycles. The molecule has 1 fully saturated rings. The molecule has 18 heavy (non-hydrogen) atoms. The van der Waals surface area contributed by atoms with Gasteiger partial charge in [-0.15, -0.1) is 6.42 Å². The average molecular weight is 241 g/mol. The molecule has 1 amide bonds. The number of carbonyl (C=O) groups is 1. The molecule has 0 radical (unpaired) electrons. The average Bonchev–Trinajstić information content (AvgIpc) is 3.21. The molecule has 0 aromatic heterocycles. The molecule has 2 rings (SSSR count). The van der Waals surface area contributed by atoms with Gasteiger partial charge in [-0.3, -0.25) is 4.79 Å². The minimum absolute atomic E-state index is 0.113. The van der Waals surface area contributed by atoms with Crippen LogP contribution in [0.2, 0.25) is 0 Å². The van der Waals surface area contributed by atoms with Crippen LogP contribution in [-0.4, -0.2) is 23.9 Å². The second-order valence-corrected chi connectivity index (χ2v) is 5.00. The van der Waals surface area contributed by atoms with E-state index in [4.69, 9.17) is 6.42 Å². The normalized spacial score (nSPS) is 15.8. The van der Waals surface area contributed by atoms with E-state index in [1.807, 2.05) is 42.2 Å². The molecule has 1 saturated carbocycles. The molecule has 0 spiro atoms. The molecule has 1 aliphatic rings. The Kier molecular flexibility index (Phi) is 4.04. The highest BCUT2D eigenvalue weighted by Crippen LogP contribution is 2.30. The van der Waals surface area contributed by atoms with Gasteiger partial charge in [0.05, 0.1) is 12.5 Å². The van der Waals surface area contributed by atoms with Crippen LogP contribution in [0.15, 0.2) is 30.3 Å². The van der Waals surface area contributed by atoms with Crippen molar-refractivity contribution in [2.45, 2.75) is 25.7 Å². The molecule has 94 valence electrons. The van der Waals surface area contributed by atoms with Crippen molar-refractivity contribution >= 4 is 5.91 Å². The minimum Gasteiger partial charge on any atom is -0.331 e. The highest BCUT2D eigenvalue weighted by atomic mass is 16.2. The summed E-state index contributed by atoms with van der Waals surface area (Å²) < 4.78 is 0. The zero-order valence-electron chi connectivity index (χ0n) is 10.8. The molecule has 0 heterocycles. The number of benzene rings is 1. The molecule has 1 aromatic carbocycles. The van der Waals surface area contributed by atoms with Crippen LogP contribution in [-0.2, 0) is 4.79 Å². The molecule has 0 aliphatic heterocycles. The van der Waals surface area contributed by atoms with Gasteiger partial charge in [0.2, 0.25) is 5.91 Å². The predicted molar refractivity (Wildman–Crippen MR) is 73.0 cm³/mol. The molecule has 0 N–H and O–H groups in total. The Hall–Kier alpha value is -1.75. The van der Waals surface area contributed by atoms with Gasteiger partial charge in [-0.25, -0.2) is 0 Å². The van der Waals surface area contributed by atoms with E-state index in [2.05, 4.69) is 5.92 Å². The molecule has 1 unspecified atom stereocenters. The highest BCUT2D eigenvalue weighted by molar-refractivity contribution is 5.83. The van der Waals surface area contributed by atoms with E-state index in [0.717, 1.165) is 12.1 Å². The van der Waals surface area contributed by atoms with E-state index in [1.54, 1.807) is 0 Å². The van der Waals surface area contributed by atoms with Crippen molar-refractivity contribution in [3.8, 4) is 12.3 Å². The lowest BCUT2D eigenvalue weighted by Crippen LogP contribution is -2.36. The fourth-order valence-corrected chi connectivity index (χ4v) is 2.11. The summed E-state index contributed by atoms with van der Waals surface area (Å²) in [5.74, 6) is 3.30. The number of nitrogens with zero attached hydrogens (tertiary/aromatic N) is 1. The van der Waals surface area contributed by atoms with Gasteiger partial charge >= 0.3 is 0 Å². The summed E-state index contributed by atoms with van der Waals surface area (Å²) in [6.07, 6.45) is 7.82. The first-order chi connectivity index (χ1) is 8.72. The second-order valence-electron chi connectivity index (χ2n) is 5.00. The lowest BCUT2D eigenvalue weighted by atomic mass is 9.99. The number of hydrogen-bond acceptors (Lipinski definition) is 1. The molecular formula is C16H19NO. The zero-order chi connectivity index (χ0) is 13.0. The Morgan fingerprint density at radius 1 is 1.44 bits per heavy atom. The summed E-state index contributed by atoms with van der Waals surface area (Å²) in [7, 11) is 0. The minimum atomic E-state index is -0.113. The summed E-state index contributed by atoms with van der Waals surface area (Å²) in [6, 6.07) is 9.88. The third-order valence-electron chi connectivity index (χ3n) is 3.44. The number of carbonyl (C=O) groups excluding carboxylic acids is 1. The van der Waals surface area contributed by atoms with Crippen LogP contribution < -0.4 is 0 Å². The molecule has 2 nitrogen and oxygen atoms in total. The van der Waals surface area contributed by atoms with Crippen molar-refractivity contribution in [3.05, 3.63) is 35.9 Å². The lowest BCUT2D eigenvalue weighted by molar-refractivity contribution is -0.132. The Bertz CT molecular complexity index is 442. The van der Waals surface area contributed by atoms with Crippen molar-refractivity contribution in [1.82, 2.24) is 4.90 Å². The number of terminal acetylenes is 1. The molecule has 0 saturated heterocycles. The quantitative estimate of drug-likeness (QED) is 0.726. The van der Waals surface area contributed by atoms with Gasteiger partial charge in [-0.05, 0) is 31.2 Å². The van der Waals surface area contributed by atoms with Crippen molar-refractivity contribution in [3.63, 3.8) is 0 Å². The zero-order valence-corrected chi connectivity index (χ0v) is 10.8. The third-order valence-corrected chi connectivity index (χ3v) is 3.44. The van der Waals surface area contributed by atoms with Crippen LogP contribution in [0.3, 0.4) is 0 Å². The maximum absolute atomic E-state index is 12.4. The molecule has 2 heteroatoms. The molecule has 1 aromatic rings. The van der Waals surface area contributed by atoms with E-state index >= 15 is 0 Å². The van der Waals surface area contributed by atoms with E-state index in [-0.39, 0.29) is 11.8 Å². The second kappa shape index (κ2) is 5.73. The van der Waals surface area contributed by atoms with Crippen LogP contribution in [0.4, 0.5) is 0 Å². The summed E-state index contributed by atoms with van der Waals surface area (Å²) in [6.45, 7) is 3.20. The number of rotatable bonds is 5. The Morgan fingerprint density at radius 2 is 2.11 bits per heavy atom. The van der Waals surface area contributed by atoms with Crippen LogP contribution in [0.25, 0.3) is 0 Å². The molecule has 1 atom stereocenters. The van der Waals surface area contributed by atoms with E-state index in [9.17, 15) is 4.79 Å². The van der Waals surface area contributed by atoms with E-state index in [0.29, 0.717) is 12.5 Å². The SMILES string of the molecule is C#CCN(CC1CC1)C(=O)C(C)c1ccccc1. The highest BCUT2D eigenvalue weighted by Gasteiger charge is 2.28. The van der Waals surface area contributed by atoms with E-state index in [1.165, 1.54) is 12.8 Å².